The summed E-state index contributed by atoms with van der Waals surface area (Å²) < 4.78 is 19.0. The number of rotatable bonds is 5. The molecule has 0 atom stereocenters. The number of benzene rings is 1. The molecule has 2 aliphatic heterocycles. The molecule has 1 aromatic carbocycles. The highest BCUT2D eigenvalue weighted by atomic mass is 16.5. The minimum Gasteiger partial charge on any atom is -0.462 e. The monoisotopic (exact) mass is 438 g/mol. The third-order valence-corrected chi connectivity index (χ3v) is 6.26. The van der Waals surface area contributed by atoms with Crippen LogP contribution in [0.3, 0.4) is 0 Å². The number of anilines is 2. The van der Waals surface area contributed by atoms with Crippen molar-refractivity contribution in [3.63, 3.8) is 0 Å². The van der Waals surface area contributed by atoms with Crippen molar-refractivity contribution in [2.75, 3.05) is 69.0 Å². The quantitative estimate of drug-likeness (QED) is 0.568. The van der Waals surface area contributed by atoms with E-state index in [-0.39, 0.29) is 5.97 Å². The van der Waals surface area contributed by atoms with E-state index < -0.39 is 0 Å². The van der Waals surface area contributed by atoms with E-state index in [2.05, 4.69) is 27.2 Å². The maximum atomic E-state index is 13.4. The minimum absolute atomic E-state index is 0.320. The summed E-state index contributed by atoms with van der Waals surface area (Å²) in [5.41, 5.74) is 5.17. The van der Waals surface area contributed by atoms with E-state index in [9.17, 15) is 4.79 Å². The Labute approximate surface area is 187 Å². The standard InChI is InChI=1S/C24H30N4O4/c1-3-17-21(26-9-13-30-14-10-26)20(24(29)32-4-2)22-25-18-7-5-6-8-19(18)28(22)23(17)27-11-15-31-16-12-27/h5-8H,3-4,9-16H2,1-2H3. The number of aromatic nitrogens is 2. The Kier molecular flexibility index (Phi) is 5.89. The first kappa shape index (κ1) is 21.0. The highest BCUT2D eigenvalue weighted by Gasteiger charge is 2.32. The lowest BCUT2D eigenvalue weighted by atomic mass is 10.0. The van der Waals surface area contributed by atoms with Gasteiger partial charge in [-0.1, -0.05) is 19.1 Å². The number of nitrogens with zero attached hydrogens (tertiary/aromatic N) is 4. The van der Waals surface area contributed by atoms with Crippen molar-refractivity contribution in [2.45, 2.75) is 20.3 Å². The first-order valence-electron chi connectivity index (χ1n) is 11.5. The molecule has 0 aliphatic carbocycles. The molecule has 0 bridgehead atoms. The van der Waals surface area contributed by atoms with Gasteiger partial charge in [0, 0.05) is 31.7 Å². The molecule has 0 unspecified atom stereocenters. The van der Waals surface area contributed by atoms with Crippen LogP contribution in [0.2, 0.25) is 0 Å². The predicted octanol–water partition coefficient (Wildman–Crippen LogP) is 2.90. The summed E-state index contributed by atoms with van der Waals surface area (Å²) in [7, 11) is 0. The fraction of sp³-hybridized carbons (Fsp3) is 0.500. The summed E-state index contributed by atoms with van der Waals surface area (Å²) in [4.78, 5) is 23.0. The molecule has 4 heterocycles. The van der Waals surface area contributed by atoms with Crippen molar-refractivity contribution in [3.8, 4) is 0 Å². The number of ether oxygens (including phenoxy) is 3. The second-order valence-electron chi connectivity index (χ2n) is 8.06. The molecule has 0 amide bonds. The van der Waals surface area contributed by atoms with Crippen LogP contribution in [0.1, 0.15) is 29.8 Å². The van der Waals surface area contributed by atoms with E-state index in [0.29, 0.717) is 44.2 Å². The van der Waals surface area contributed by atoms with Gasteiger partial charge in [0.2, 0.25) is 0 Å². The summed E-state index contributed by atoms with van der Waals surface area (Å²) >= 11 is 0. The smallest absolute Gasteiger partial charge is 0.344 e. The average molecular weight is 439 g/mol. The number of esters is 1. The van der Waals surface area contributed by atoms with Crippen LogP contribution in [-0.2, 0) is 20.6 Å². The SMILES string of the molecule is CCOC(=O)c1c(N2CCOCC2)c(CC)c(N2CCOCC2)n2c1nc1ccccc12. The molecular formula is C24H30N4O4. The Morgan fingerprint density at radius 2 is 1.66 bits per heavy atom. The van der Waals surface area contributed by atoms with E-state index >= 15 is 0 Å². The minimum atomic E-state index is -0.322. The van der Waals surface area contributed by atoms with Gasteiger partial charge in [-0.3, -0.25) is 4.40 Å². The van der Waals surface area contributed by atoms with Crippen LogP contribution in [0.5, 0.6) is 0 Å². The Morgan fingerprint density at radius 3 is 2.31 bits per heavy atom. The van der Waals surface area contributed by atoms with Crippen molar-refractivity contribution in [1.29, 1.82) is 0 Å². The maximum absolute atomic E-state index is 13.4. The highest BCUT2D eigenvalue weighted by molar-refractivity contribution is 6.06. The number of morpholine rings is 2. The van der Waals surface area contributed by atoms with E-state index in [4.69, 9.17) is 19.2 Å². The molecule has 0 spiro atoms. The van der Waals surface area contributed by atoms with Gasteiger partial charge in [0.15, 0.2) is 5.65 Å². The van der Waals surface area contributed by atoms with Gasteiger partial charge in [0.05, 0.1) is 49.8 Å². The van der Waals surface area contributed by atoms with Crippen molar-refractivity contribution < 1.29 is 19.0 Å². The van der Waals surface area contributed by atoms with Gasteiger partial charge >= 0.3 is 5.97 Å². The molecule has 8 heteroatoms. The van der Waals surface area contributed by atoms with Gasteiger partial charge in [-0.15, -0.1) is 0 Å². The molecular weight excluding hydrogens is 408 g/mol. The number of pyridine rings is 1. The van der Waals surface area contributed by atoms with Crippen LogP contribution in [0.4, 0.5) is 11.5 Å². The van der Waals surface area contributed by atoms with E-state index in [0.717, 1.165) is 60.7 Å². The van der Waals surface area contributed by atoms with Gasteiger partial charge in [0.1, 0.15) is 11.4 Å². The van der Waals surface area contributed by atoms with E-state index in [1.54, 1.807) is 0 Å². The number of carbonyl (C=O) groups excluding carboxylic acids is 1. The van der Waals surface area contributed by atoms with Crippen molar-refractivity contribution >= 4 is 34.2 Å². The van der Waals surface area contributed by atoms with Crippen LogP contribution in [0.25, 0.3) is 16.7 Å². The van der Waals surface area contributed by atoms with Gasteiger partial charge in [-0.2, -0.15) is 0 Å². The zero-order valence-electron chi connectivity index (χ0n) is 18.8. The molecule has 3 aromatic rings. The van der Waals surface area contributed by atoms with Crippen LogP contribution >= 0.6 is 0 Å². The zero-order chi connectivity index (χ0) is 22.1. The van der Waals surface area contributed by atoms with Gasteiger partial charge < -0.3 is 24.0 Å². The van der Waals surface area contributed by atoms with Gasteiger partial charge in [0.25, 0.3) is 0 Å². The highest BCUT2D eigenvalue weighted by Crippen LogP contribution is 2.40. The first-order valence-corrected chi connectivity index (χ1v) is 11.5. The molecule has 170 valence electrons. The second kappa shape index (κ2) is 8.96. The lowest BCUT2D eigenvalue weighted by molar-refractivity contribution is 0.0527. The zero-order valence-corrected chi connectivity index (χ0v) is 18.8. The van der Waals surface area contributed by atoms with Gasteiger partial charge in [-0.05, 0) is 25.5 Å². The molecule has 0 N–H and O–H groups in total. The van der Waals surface area contributed by atoms with Crippen LogP contribution in [0, 0.1) is 0 Å². The number of fused-ring (bicyclic) bond motifs is 3. The molecule has 2 fully saturated rings. The Morgan fingerprint density at radius 1 is 1.00 bits per heavy atom. The Balaban J connectivity index is 1.89. The van der Waals surface area contributed by atoms with Crippen molar-refractivity contribution in [3.05, 3.63) is 35.4 Å². The lowest BCUT2D eigenvalue weighted by Gasteiger charge is -2.36. The predicted molar refractivity (Wildman–Crippen MR) is 124 cm³/mol. The normalized spacial score (nSPS) is 17.3. The van der Waals surface area contributed by atoms with Crippen LogP contribution in [-0.4, -0.2) is 74.6 Å². The number of imidazole rings is 1. The summed E-state index contributed by atoms with van der Waals surface area (Å²) in [6.45, 7) is 10.0. The summed E-state index contributed by atoms with van der Waals surface area (Å²) in [5, 5.41) is 0. The van der Waals surface area contributed by atoms with Crippen molar-refractivity contribution in [2.24, 2.45) is 0 Å². The van der Waals surface area contributed by atoms with Gasteiger partial charge in [-0.25, -0.2) is 9.78 Å². The second-order valence-corrected chi connectivity index (χ2v) is 8.06. The van der Waals surface area contributed by atoms with E-state index in [1.165, 1.54) is 0 Å². The maximum Gasteiger partial charge on any atom is 0.344 e. The molecule has 2 saturated heterocycles. The van der Waals surface area contributed by atoms with Crippen molar-refractivity contribution in [1.82, 2.24) is 9.38 Å². The molecule has 2 aliphatic rings. The largest absolute Gasteiger partial charge is 0.462 e. The molecule has 32 heavy (non-hydrogen) atoms. The molecule has 2 aromatic heterocycles. The number of carbonyl (C=O) groups is 1. The Hall–Kier alpha value is -2.84. The first-order chi connectivity index (χ1) is 15.7. The van der Waals surface area contributed by atoms with Crippen LogP contribution < -0.4 is 9.80 Å². The number of para-hydroxylation sites is 2. The lowest BCUT2D eigenvalue weighted by Crippen LogP contribution is -2.41. The molecule has 8 nitrogen and oxygen atoms in total. The number of hydrogen-bond donors (Lipinski definition) is 0. The topological polar surface area (TPSA) is 68.5 Å². The Bertz CT molecular complexity index is 1130. The number of hydrogen-bond acceptors (Lipinski definition) is 7. The fourth-order valence-corrected chi connectivity index (χ4v) is 4.87. The average Bonchev–Trinajstić information content (AvgIpc) is 3.22. The fourth-order valence-electron chi connectivity index (χ4n) is 4.87. The third kappa shape index (κ3) is 3.47. The summed E-state index contributed by atoms with van der Waals surface area (Å²) in [6.07, 6.45) is 0.786. The third-order valence-electron chi connectivity index (χ3n) is 6.26. The molecule has 5 rings (SSSR count). The summed E-state index contributed by atoms with van der Waals surface area (Å²) in [5.74, 6) is 0.784. The summed E-state index contributed by atoms with van der Waals surface area (Å²) in [6, 6.07) is 8.07. The van der Waals surface area contributed by atoms with Crippen LogP contribution in [0.15, 0.2) is 24.3 Å². The molecule has 0 saturated carbocycles. The molecule has 0 radical (unpaired) electrons. The van der Waals surface area contributed by atoms with E-state index in [1.807, 2.05) is 25.1 Å².